The Bertz CT molecular complexity index is 519. The van der Waals surface area contributed by atoms with Gasteiger partial charge in [0.25, 0.3) is 0 Å². The van der Waals surface area contributed by atoms with Gasteiger partial charge in [-0.1, -0.05) is 35.0 Å². The number of benzene rings is 1. The van der Waals surface area contributed by atoms with Crippen molar-refractivity contribution in [2.24, 2.45) is 4.99 Å². The number of nitriles is 1. The van der Waals surface area contributed by atoms with Crippen LogP contribution in [0.1, 0.15) is 0 Å². The third-order valence-corrected chi connectivity index (χ3v) is 3.13. The van der Waals surface area contributed by atoms with E-state index < -0.39 is 7.12 Å². The Labute approximate surface area is 119 Å². The van der Waals surface area contributed by atoms with Crippen LogP contribution in [0, 0.1) is 11.5 Å². The molecule has 0 spiro atoms. The van der Waals surface area contributed by atoms with Crippen molar-refractivity contribution in [3.8, 4) is 6.19 Å². The summed E-state index contributed by atoms with van der Waals surface area (Å²) >= 11 is 13.0. The number of halogens is 2. The lowest BCUT2D eigenvalue weighted by Crippen LogP contribution is -2.30. The van der Waals surface area contributed by atoms with Gasteiger partial charge in [0.05, 0.1) is 10.7 Å². The Hall–Kier alpha value is -0.905. The molecule has 0 saturated carbocycles. The van der Waals surface area contributed by atoms with E-state index in [1.165, 1.54) is 23.9 Å². The number of amidine groups is 1. The van der Waals surface area contributed by atoms with Gasteiger partial charge in [0.2, 0.25) is 0 Å². The number of hydrogen-bond donors (Lipinski definition) is 3. The van der Waals surface area contributed by atoms with Crippen molar-refractivity contribution in [2.75, 3.05) is 6.26 Å². The van der Waals surface area contributed by atoms with Crippen LogP contribution in [0.5, 0.6) is 0 Å². The second-order valence-electron chi connectivity index (χ2n) is 3.06. The average Bonchev–Trinajstić information content (AvgIpc) is 2.31. The molecule has 0 heterocycles. The number of hydrogen-bond acceptors (Lipinski definition) is 5. The zero-order valence-electron chi connectivity index (χ0n) is 9.19. The summed E-state index contributed by atoms with van der Waals surface area (Å²) in [5, 5.41) is 29.8. The zero-order valence-corrected chi connectivity index (χ0v) is 11.5. The molecule has 0 amide bonds. The number of nitrogens with zero attached hydrogens (tertiary/aromatic N) is 2. The van der Waals surface area contributed by atoms with Gasteiger partial charge in [0.1, 0.15) is 0 Å². The molecule has 94 valence electrons. The van der Waals surface area contributed by atoms with E-state index in [0.717, 1.165) is 0 Å². The van der Waals surface area contributed by atoms with Crippen LogP contribution >= 0.6 is 35.0 Å². The summed E-state index contributed by atoms with van der Waals surface area (Å²) in [5.41, 5.74) is 0.383. The Kier molecular flexibility index (Phi) is 5.79. The maximum Gasteiger partial charge on any atom is 0.490 e. The minimum atomic E-state index is -1.72. The molecule has 0 unspecified atom stereocenters. The van der Waals surface area contributed by atoms with E-state index in [0.29, 0.717) is 5.17 Å². The molecule has 5 nitrogen and oxygen atoms in total. The summed E-state index contributed by atoms with van der Waals surface area (Å²) in [6.07, 6.45) is 3.47. The smallest absolute Gasteiger partial charge is 0.423 e. The van der Waals surface area contributed by atoms with E-state index >= 15 is 0 Å². The molecule has 0 atom stereocenters. The Morgan fingerprint density at radius 1 is 1.44 bits per heavy atom. The molecule has 0 radical (unpaired) electrons. The standard InChI is InChI=1S/C9H8BCl2N3O2S/c1-18-9(14-4-13)15-8-2-5(10(16)17)6(11)3-7(8)12/h2-3,16-17H,1H3,(H,14,15). The first-order chi connectivity index (χ1) is 8.49. The van der Waals surface area contributed by atoms with E-state index in [4.69, 9.17) is 38.5 Å². The van der Waals surface area contributed by atoms with Gasteiger partial charge in [-0.05, 0) is 18.4 Å². The number of aliphatic imine (C=N–C) groups is 1. The lowest BCUT2D eigenvalue weighted by molar-refractivity contribution is 0.426. The molecule has 0 bridgehead atoms. The summed E-state index contributed by atoms with van der Waals surface area (Å²) in [6, 6.07) is 2.71. The largest absolute Gasteiger partial charge is 0.490 e. The maximum absolute atomic E-state index is 9.12. The molecule has 3 N–H and O–H groups in total. The van der Waals surface area contributed by atoms with Crippen LogP contribution in [0.3, 0.4) is 0 Å². The predicted molar refractivity (Wildman–Crippen MR) is 75.6 cm³/mol. The first-order valence-electron chi connectivity index (χ1n) is 4.62. The molecule has 0 aliphatic heterocycles. The Morgan fingerprint density at radius 3 is 2.61 bits per heavy atom. The second-order valence-corrected chi connectivity index (χ2v) is 4.67. The molecule has 0 fully saturated rings. The summed E-state index contributed by atoms with van der Waals surface area (Å²) in [6.45, 7) is 0. The highest BCUT2D eigenvalue weighted by molar-refractivity contribution is 8.13. The fourth-order valence-corrected chi connectivity index (χ4v) is 1.98. The summed E-state index contributed by atoms with van der Waals surface area (Å²) in [7, 11) is -1.72. The van der Waals surface area contributed by atoms with Crippen molar-refractivity contribution in [3.63, 3.8) is 0 Å². The number of thioether (sulfide) groups is 1. The van der Waals surface area contributed by atoms with Crippen molar-refractivity contribution in [2.45, 2.75) is 0 Å². The van der Waals surface area contributed by atoms with Gasteiger partial charge in [-0.3, -0.25) is 5.32 Å². The van der Waals surface area contributed by atoms with Crippen molar-refractivity contribution < 1.29 is 10.0 Å². The van der Waals surface area contributed by atoms with Crippen LogP contribution in [0.4, 0.5) is 5.69 Å². The topological polar surface area (TPSA) is 88.6 Å². The normalized spacial score (nSPS) is 11.0. The molecule has 0 saturated heterocycles. The van der Waals surface area contributed by atoms with Crippen molar-refractivity contribution in [3.05, 3.63) is 22.2 Å². The average molecular weight is 304 g/mol. The maximum atomic E-state index is 9.12. The summed E-state index contributed by atoms with van der Waals surface area (Å²) in [4.78, 5) is 4.08. The van der Waals surface area contributed by atoms with Crippen molar-refractivity contribution in [1.29, 1.82) is 5.26 Å². The molecule has 0 aliphatic rings. The van der Waals surface area contributed by atoms with E-state index in [-0.39, 0.29) is 21.2 Å². The first-order valence-corrected chi connectivity index (χ1v) is 6.60. The van der Waals surface area contributed by atoms with Crippen molar-refractivity contribution >= 4 is 58.4 Å². The van der Waals surface area contributed by atoms with Gasteiger partial charge in [-0.2, -0.15) is 5.26 Å². The molecular formula is C9H8BCl2N3O2S. The van der Waals surface area contributed by atoms with E-state index in [1.54, 1.807) is 12.4 Å². The molecule has 0 aromatic heterocycles. The van der Waals surface area contributed by atoms with Crippen molar-refractivity contribution in [1.82, 2.24) is 5.32 Å². The number of nitrogens with one attached hydrogen (secondary N) is 1. The number of rotatable bonds is 2. The molecule has 0 aliphatic carbocycles. The predicted octanol–water partition coefficient (Wildman–Crippen LogP) is 1.09. The van der Waals surface area contributed by atoms with E-state index in [2.05, 4.69) is 10.3 Å². The van der Waals surface area contributed by atoms with Gasteiger partial charge in [-0.25, -0.2) is 4.99 Å². The molecular weight excluding hydrogens is 296 g/mol. The Morgan fingerprint density at radius 2 is 2.11 bits per heavy atom. The van der Waals surface area contributed by atoms with Crippen LogP contribution in [0.25, 0.3) is 0 Å². The minimum absolute atomic E-state index is 0.0947. The molecule has 18 heavy (non-hydrogen) atoms. The fraction of sp³-hybridized carbons (Fsp3) is 0.111. The van der Waals surface area contributed by atoms with Crippen LogP contribution in [0.15, 0.2) is 17.1 Å². The van der Waals surface area contributed by atoms with E-state index in [9.17, 15) is 0 Å². The SMILES string of the molecule is CSC(=Nc1cc(B(O)O)c(Cl)cc1Cl)NC#N. The monoisotopic (exact) mass is 303 g/mol. The molecule has 9 heteroatoms. The highest BCUT2D eigenvalue weighted by Gasteiger charge is 2.17. The third-order valence-electron chi connectivity index (χ3n) is 1.92. The Balaban J connectivity index is 3.24. The van der Waals surface area contributed by atoms with Gasteiger partial charge in [0, 0.05) is 10.5 Å². The summed E-state index contributed by atoms with van der Waals surface area (Å²) in [5.74, 6) is 0. The van der Waals surface area contributed by atoms with Crippen LogP contribution in [-0.2, 0) is 0 Å². The second kappa shape index (κ2) is 6.88. The van der Waals surface area contributed by atoms with Gasteiger partial charge >= 0.3 is 7.12 Å². The van der Waals surface area contributed by atoms with Crippen LogP contribution < -0.4 is 10.8 Å². The first kappa shape index (κ1) is 15.2. The van der Waals surface area contributed by atoms with Gasteiger partial charge < -0.3 is 10.0 Å². The van der Waals surface area contributed by atoms with E-state index in [1.807, 2.05) is 0 Å². The third kappa shape index (κ3) is 3.80. The molecule has 1 rings (SSSR count). The van der Waals surface area contributed by atoms with Crippen LogP contribution in [-0.4, -0.2) is 28.6 Å². The summed E-state index contributed by atoms with van der Waals surface area (Å²) < 4.78 is 0. The van der Waals surface area contributed by atoms with Crippen LogP contribution in [0.2, 0.25) is 10.0 Å². The lowest BCUT2D eigenvalue weighted by Gasteiger charge is -2.07. The fourth-order valence-electron chi connectivity index (χ4n) is 1.12. The lowest BCUT2D eigenvalue weighted by atomic mass is 9.80. The highest BCUT2D eigenvalue weighted by Crippen LogP contribution is 2.27. The quantitative estimate of drug-likeness (QED) is 0.250. The van der Waals surface area contributed by atoms with Gasteiger partial charge in [0.15, 0.2) is 11.4 Å². The van der Waals surface area contributed by atoms with Gasteiger partial charge in [-0.15, -0.1) is 0 Å². The highest BCUT2D eigenvalue weighted by atomic mass is 35.5. The zero-order chi connectivity index (χ0) is 13.7. The molecule has 1 aromatic carbocycles. The minimum Gasteiger partial charge on any atom is -0.423 e. The molecule has 1 aromatic rings.